The molecule has 2 N–H and O–H groups in total. The van der Waals surface area contributed by atoms with E-state index in [0.29, 0.717) is 11.7 Å². The third-order valence-electron chi connectivity index (χ3n) is 6.10. The smallest absolute Gasteiger partial charge is 0.273 e. The van der Waals surface area contributed by atoms with Crippen LogP contribution in [0.2, 0.25) is 0 Å². The molecule has 0 radical (unpaired) electrons. The number of aromatic nitrogens is 3. The van der Waals surface area contributed by atoms with Gasteiger partial charge < -0.3 is 15.4 Å². The van der Waals surface area contributed by atoms with Crippen molar-refractivity contribution in [3.05, 3.63) is 11.4 Å². The highest BCUT2D eigenvalue weighted by molar-refractivity contribution is 5.93. The second kappa shape index (κ2) is 8.05. The van der Waals surface area contributed by atoms with Crippen LogP contribution in [0.1, 0.15) is 75.1 Å². The van der Waals surface area contributed by atoms with E-state index in [4.69, 9.17) is 4.74 Å². The number of hydrogen-bond acceptors (Lipinski definition) is 5. The van der Waals surface area contributed by atoms with E-state index in [2.05, 4.69) is 41.7 Å². The lowest BCUT2D eigenvalue weighted by Gasteiger charge is -2.51. The van der Waals surface area contributed by atoms with E-state index in [9.17, 15) is 4.79 Å². The Morgan fingerprint density at radius 2 is 2.12 bits per heavy atom. The molecule has 1 aromatic rings. The van der Waals surface area contributed by atoms with Gasteiger partial charge in [-0.2, -0.15) is 0 Å². The van der Waals surface area contributed by atoms with Gasteiger partial charge in [0.15, 0.2) is 5.69 Å². The minimum absolute atomic E-state index is 0.0532. The van der Waals surface area contributed by atoms with Gasteiger partial charge in [-0.05, 0) is 45.7 Å². The molecule has 7 heteroatoms. The van der Waals surface area contributed by atoms with E-state index in [0.717, 1.165) is 57.5 Å². The zero-order valence-corrected chi connectivity index (χ0v) is 16.5. The zero-order valence-electron chi connectivity index (χ0n) is 16.5. The number of carbonyl (C=O) groups excluding carboxylic acids is 1. The molecule has 1 aliphatic carbocycles. The molecule has 146 valence electrons. The van der Waals surface area contributed by atoms with Crippen LogP contribution in [0, 0.1) is 12.3 Å². The number of rotatable bonds is 7. The van der Waals surface area contributed by atoms with Gasteiger partial charge in [0.2, 0.25) is 0 Å². The summed E-state index contributed by atoms with van der Waals surface area (Å²) in [5.74, 6) is -0.118. The Labute approximate surface area is 156 Å². The van der Waals surface area contributed by atoms with Crippen LogP contribution in [0.4, 0.5) is 0 Å². The molecule has 26 heavy (non-hydrogen) atoms. The molecule has 2 atom stereocenters. The fourth-order valence-corrected chi connectivity index (χ4v) is 3.96. The maximum absolute atomic E-state index is 12.7. The van der Waals surface area contributed by atoms with Gasteiger partial charge in [-0.15, -0.1) is 5.10 Å². The number of unbranched alkanes of at least 4 members (excludes halogenated alkanes) is 1. The van der Waals surface area contributed by atoms with E-state index in [1.807, 2.05) is 11.6 Å². The van der Waals surface area contributed by atoms with Crippen LogP contribution in [-0.2, 0) is 4.74 Å². The van der Waals surface area contributed by atoms with Gasteiger partial charge >= 0.3 is 0 Å². The lowest BCUT2D eigenvalue weighted by atomic mass is 9.64. The summed E-state index contributed by atoms with van der Waals surface area (Å²) in [4.78, 5) is 12.7. The predicted molar refractivity (Wildman–Crippen MR) is 100 cm³/mol. The fraction of sp³-hybridized carbons (Fsp3) is 0.842. The largest absolute Gasteiger partial charge is 0.378 e. The molecule has 1 aromatic heterocycles. The van der Waals surface area contributed by atoms with Gasteiger partial charge in [-0.25, -0.2) is 4.68 Å². The summed E-state index contributed by atoms with van der Waals surface area (Å²) in [6, 6.07) is 0.451. The monoisotopic (exact) mass is 363 g/mol. The van der Waals surface area contributed by atoms with Gasteiger partial charge in [-0.3, -0.25) is 4.79 Å². The SMILES string of the molecule is CCCCOC1CC(NC(=O)c2nnn(C3CCNCC3)c2C)C1(C)C. The zero-order chi connectivity index (χ0) is 18.7. The number of hydrogen-bond donors (Lipinski definition) is 2. The van der Waals surface area contributed by atoms with Crippen LogP contribution in [0.25, 0.3) is 0 Å². The van der Waals surface area contributed by atoms with Crippen LogP contribution < -0.4 is 10.6 Å². The van der Waals surface area contributed by atoms with Gasteiger partial charge in [0.05, 0.1) is 17.8 Å². The average Bonchev–Trinajstić information content (AvgIpc) is 3.02. The van der Waals surface area contributed by atoms with Crippen molar-refractivity contribution < 1.29 is 9.53 Å². The first kappa shape index (κ1) is 19.3. The van der Waals surface area contributed by atoms with Crippen molar-refractivity contribution in [3.8, 4) is 0 Å². The highest BCUT2D eigenvalue weighted by Crippen LogP contribution is 2.43. The summed E-state index contributed by atoms with van der Waals surface area (Å²) in [6.45, 7) is 11.2. The van der Waals surface area contributed by atoms with Crippen molar-refractivity contribution in [1.82, 2.24) is 25.6 Å². The second-order valence-corrected chi connectivity index (χ2v) is 8.25. The molecule has 1 aliphatic heterocycles. The quantitative estimate of drug-likeness (QED) is 0.726. The van der Waals surface area contributed by atoms with Gasteiger partial charge in [0.1, 0.15) is 0 Å². The second-order valence-electron chi connectivity index (χ2n) is 8.25. The lowest BCUT2D eigenvalue weighted by Crippen LogP contribution is -2.62. The van der Waals surface area contributed by atoms with Crippen molar-refractivity contribution in [2.45, 2.75) is 78.0 Å². The summed E-state index contributed by atoms with van der Waals surface area (Å²) < 4.78 is 7.90. The van der Waals surface area contributed by atoms with Gasteiger partial charge in [0.25, 0.3) is 5.91 Å². The summed E-state index contributed by atoms with van der Waals surface area (Å²) in [5.41, 5.74) is 1.26. The number of piperidine rings is 1. The van der Waals surface area contributed by atoms with Crippen LogP contribution >= 0.6 is 0 Å². The van der Waals surface area contributed by atoms with Crippen LogP contribution in [0.5, 0.6) is 0 Å². The fourth-order valence-electron chi connectivity index (χ4n) is 3.96. The summed E-state index contributed by atoms with van der Waals surface area (Å²) in [5, 5.41) is 15.0. The van der Waals surface area contributed by atoms with Crippen molar-refractivity contribution in [2.75, 3.05) is 19.7 Å². The normalized spacial score (nSPS) is 25.7. The Kier molecular flexibility index (Phi) is 5.97. The van der Waals surface area contributed by atoms with Crippen molar-refractivity contribution in [2.24, 2.45) is 5.41 Å². The topological polar surface area (TPSA) is 81.1 Å². The minimum atomic E-state index is -0.118. The van der Waals surface area contributed by atoms with Gasteiger partial charge in [0, 0.05) is 18.1 Å². The van der Waals surface area contributed by atoms with E-state index in [1.165, 1.54) is 0 Å². The molecule has 2 aliphatic rings. The van der Waals surface area contributed by atoms with E-state index in [1.54, 1.807) is 0 Å². The molecule has 0 spiro atoms. The number of nitrogens with zero attached hydrogens (tertiary/aromatic N) is 3. The standard InChI is InChI=1S/C19H33N5O2/c1-5-6-11-26-16-12-15(19(16,3)4)21-18(25)17-13(2)24(23-22-17)14-7-9-20-10-8-14/h14-16,20H,5-12H2,1-4H3,(H,21,25). The predicted octanol–water partition coefficient (Wildman–Crippen LogP) is 2.22. The van der Waals surface area contributed by atoms with Crippen LogP contribution in [-0.4, -0.2) is 52.7 Å². The Bertz CT molecular complexity index is 621. The number of amides is 1. The summed E-state index contributed by atoms with van der Waals surface area (Å²) in [7, 11) is 0. The molecule has 2 heterocycles. The molecule has 7 nitrogen and oxygen atoms in total. The highest BCUT2D eigenvalue weighted by Gasteiger charge is 2.49. The maximum atomic E-state index is 12.7. The molecule has 1 amide bonds. The number of ether oxygens (including phenoxy) is 1. The summed E-state index contributed by atoms with van der Waals surface area (Å²) >= 11 is 0. The molecule has 3 rings (SSSR count). The Morgan fingerprint density at radius 1 is 1.38 bits per heavy atom. The Morgan fingerprint density at radius 3 is 2.77 bits per heavy atom. The first-order valence-corrected chi connectivity index (χ1v) is 10.00. The van der Waals surface area contributed by atoms with E-state index >= 15 is 0 Å². The first-order chi connectivity index (χ1) is 12.4. The molecular formula is C19H33N5O2. The molecule has 0 bridgehead atoms. The number of carbonyl (C=O) groups is 1. The van der Waals surface area contributed by atoms with Crippen molar-refractivity contribution >= 4 is 5.91 Å². The van der Waals surface area contributed by atoms with Gasteiger partial charge in [-0.1, -0.05) is 32.4 Å². The van der Waals surface area contributed by atoms with Crippen molar-refractivity contribution in [3.63, 3.8) is 0 Å². The highest BCUT2D eigenvalue weighted by atomic mass is 16.5. The molecule has 1 saturated carbocycles. The third-order valence-corrected chi connectivity index (χ3v) is 6.10. The van der Waals surface area contributed by atoms with E-state index in [-0.39, 0.29) is 23.5 Å². The molecule has 0 aromatic carbocycles. The van der Waals surface area contributed by atoms with E-state index < -0.39 is 0 Å². The van der Waals surface area contributed by atoms with Crippen LogP contribution in [0.3, 0.4) is 0 Å². The van der Waals surface area contributed by atoms with Crippen molar-refractivity contribution in [1.29, 1.82) is 0 Å². The molecule has 2 fully saturated rings. The summed E-state index contributed by atoms with van der Waals surface area (Å²) in [6.07, 6.45) is 5.35. The lowest BCUT2D eigenvalue weighted by molar-refractivity contribution is -0.115. The third kappa shape index (κ3) is 3.78. The first-order valence-electron chi connectivity index (χ1n) is 10.00. The molecule has 2 unspecified atom stereocenters. The minimum Gasteiger partial charge on any atom is -0.378 e. The number of nitrogens with one attached hydrogen (secondary N) is 2. The molecular weight excluding hydrogens is 330 g/mol. The Balaban J connectivity index is 1.58. The average molecular weight is 364 g/mol. The Hall–Kier alpha value is -1.47. The van der Waals surface area contributed by atoms with Crippen LogP contribution in [0.15, 0.2) is 0 Å². The maximum Gasteiger partial charge on any atom is 0.273 e. The molecule has 1 saturated heterocycles.